The van der Waals surface area contributed by atoms with Gasteiger partial charge in [0.05, 0.1) is 0 Å². The standard InChI is InChI=1S/C17H17ClN2OS/c1-17(8-15(19)20(2)16(21)9-17)14-7-12(10-22-14)11-4-3-5-13(18)6-11/h3-7,10,19H,8-9H2,1-2H3/t17-/m0/s1. The predicted octanol–water partition coefficient (Wildman–Crippen LogP) is 4.56. The lowest BCUT2D eigenvalue weighted by molar-refractivity contribution is -0.128. The molecule has 0 aliphatic carbocycles. The zero-order chi connectivity index (χ0) is 15.9. The highest BCUT2D eigenvalue weighted by atomic mass is 35.5. The van der Waals surface area contributed by atoms with Crippen LogP contribution in [0.4, 0.5) is 0 Å². The quantitative estimate of drug-likeness (QED) is 0.861. The van der Waals surface area contributed by atoms with Gasteiger partial charge in [0, 0.05) is 35.2 Å². The van der Waals surface area contributed by atoms with E-state index in [4.69, 9.17) is 17.0 Å². The number of nitrogens with zero attached hydrogens (tertiary/aromatic N) is 1. The first-order valence-electron chi connectivity index (χ1n) is 7.08. The molecule has 1 aliphatic heterocycles. The molecule has 0 radical (unpaired) electrons. The summed E-state index contributed by atoms with van der Waals surface area (Å²) in [6.07, 6.45) is 1.03. The molecule has 114 valence electrons. The highest BCUT2D eigenvalue weighted by molar-refractivity contribution is 7.10. The van der Waals surface area contributed by atoms with Crippen LogP contribution < -0.4 is 0 Å². The number of thiophene rings is 1. The molecule has 1 aliphatic rings. The van der Waals surface area contributed by atoms with Crippen LogP contribution in [0.5, 0.6) is 0 Å². The van der Waals surface area contributed by atoms with Crippen LogP contribution in [0.15, 0.2) is 35.7 Å². The maximum atomic E-state index is 12.1. The number of amides is 1. The van der Waals surface area contributed by atoms with E-state index in [9.17, 15) is 4.79 Å². The Morgan fingerprint density at radius 3 is 2.73 bits per heavy atom. The minimum absolute atomic E-state index is 0.0106. The van der Waals surface area contributed by atoms with Crippen molar-refractivity contribution in [3.05, 3.63) is 45.6 Å². The van der Waals surface area contributed by atoms with Gasteiger partial charge in [-0.2, -0.15) is 0 Å². The van der Waals surface area contributed by atoms with E-state index in [0.717, 1.165) is 16.0 Å². The second kappa shape index (κ2) is 5.52. The van der Waals surface area contributed by atoms with Crippen LogP contribution in [0.3, 0.4) is 0 Å². The van der Waals surface area contributed by atoms with Crippen LogP contribution in [-0.2, 0) is 10.2 Å². The fraction of sp³-hybridized carbons (Fsp3) is 0.294. The van der Waals surface area contributed by atoms with Crippen LogP contribution in [0.25, 0.3) is 11.1 Å². The molecule has 3 rings (SSSR count). The molecule has 0 bridgehead atoms. The van der Waals surface area contributed by atoms with E-state index in [-0.39, 0.29) is 11.3 Å². The topological polar surface area (TPSA) is 44.2 Å². The summed E-state index contributed by atoms with van der Waals surface area (Å²) in [6.45, 7) is 2.07. The van der Waals surface area contributed by atoms with Crippen molar-refractivity contribution < 1.29 is 4.79 Å². The van der Waals surface area contributed by atoms with Gasteiger partial charge in [-0.05, 0) is 34.7 Å². The van der Waals surface area contributed by atoms with E-state index in [1.807, 2.05) is 24.3 Å². The lowest BCUT2D eigenvalue weighted by Gasteiger charge is -2.36. The summed E-state index contributed by atoms with van der Waals surface area (Å²) in [5.41, 5.74) is 1.90. The van der Waals surface area contributed by atoms with Crippen LogP contribution in [-0.4, -0.2) is 23.7 Å². The molecule has 1 N–H and O–H groups in total. The van der Waals surface area contributed by atoms with Gasteiger partial charge in [-0.25, -0.2) is 0 Å². The van der Waals surface area contributed by atoms with Crippen LogP contribution in [0.2, 0.25) is 5.02 Å². The summed E-state index contributed by atoms with van der Waals surface area (Å²) in [6, 6.07) is 9.89. The van der Waals surface area contributed by atoms with Crippen molar-refractivity contribution in [2.24, 2.45) is 0 Å². The summed E-state index contributed by atoms with van der Waals surface area (Å²) < 4.78 is 0. The number of amidine groups is 1. The Labute approximate surface area is 139 Å². The zero-order valence-electron chi connectivity index (χ0n) is 12.5. The molecular weight excluding hydrogens is 316 g/mol. The third-order valence-corrected chi connectivity index (χ3v) is 5.70. The molecule has 1 aromatic carbocycles. The Morgan fingerprint density at radius 2 is 2.05 bits per heavy atom. The lowest BCUT2D eigenvalue weighted by Crippen LogP contribution is -2.46. The summed E-state index contributed by atoms with van der Waals surface area (Å²) in [5, 5.41) is 10.8. The number of benzene rings is 1. The molecule has 0 unspecified atom stereocenters. The van der Waals surface area contributed by atoms with Crippen molar-refractivity contribution >= 4 is 34.7 Å². The van der Waals surface area contributed by atoms with Crippen molar-refractivity contribution in [3.8, 4) is 11.1 Å². The molecule has 22 heavy (non-hydrogen) atoms. The number of halogens is 1. The Bertz CT molecular complexity index is 735. The average molecular weight is 333 g/mol. The Hall–Kier alpha value is -1.65. The largest absolute Gasteiger partial charge is 0.304 e. The van der Waals surface area contributed by atoms with Crippen molar-refractivity contribution in [1.29, 1.82) is 5.41 Å². The number of piperidine rings is 1. The van der Waals surface area contributed by atoms with E-state index in [0.29, 0.717) is 23.7 Å². The van der Waals surface area contributed by atoms with Gasteiger partial charge in [0.2, 0.25) is 5.91 Å². The van der Waals surface area contributed by atoms with Gasteiger partial charge in [-0.1, -0.05) is 30.7 Å². The Morgan fingerprint density at radius 1 is 1.27 bits per heavy atom. The normalized spacial score (nSPS) is 22.2. The first-order valence-corrected chi connectivity index (χ1v) is 8.34. The number of hydrogen-bond acceptors (Lipinski definition) is 3. The monoisotopic (exact) mass is 332 g/mol. The summed E-state index contributed by atoms with van der Waals surface area (Å²) in [5.74, 6) is 0.396. The Kier molecular flexibility index (Phi) is 3.83. The highest BCUT2D eigenvalue weighted by Gasteiger charge is 2.39. The first-order chi connectivity index (χ1) is 10.4. The fourth-order valence-corrected chi connectivity index (χ4v) is 4.07. The van der Waals surface area contributed by atoms with Gasteiger partial charge < -0.3 is 4.90 Å². The molecule has 1 fully saturated rings. The molecule has 0 saturated carbocycles. The lowest BCUT2D eigenvalue weighted by atomic mass is 9.78. The zero-order valence-corrected chi connectivity index (χ0v) is 14.1. The van der Waals surface area contributed by atoms with Gasteiger partial charge >= 0.3 is 0 Å². The molecule has 1 amide bonds. The van der Waals surface area contributed by atoms with Gasteiger partial charge in [-0.3, -0.25) is 10.2 Å². The molecule has 3 nitrogen and oxygen atoms in total. The van der Waals surface area contributed by atoms with E-state index in [1.165, 1.54) is 4.90 Å². The van der Waals surface area contributed by atoms with E-state index in [1.54, 1.807) is 18.4 Å². The maximum absolute atomic E-state index is 12.1. The third kappa shape index (κ3) is 2.69. The second-order valence-corrected chi connectivity index (χ2v) is 7.37. The molecule has 2 heterocycles. The fourth-order valence-electron chi connectivity index (χ4n) is 2.80. The number of likely N-dealkylation sites (tertiary alicyclic amines) is 1. The number of hydrogen-bond donors (Lipinski definition) is 1. The van der Waals surface area contributed by atoms with Gasteiger partial charge in [-0.15, -0.1) is 11.3 Å². The van der Waals surface area contributed by atoms with Crippen molar-refractivity contribution in [2.45, 2.75) is 25.2 Å². The minimum Gasteiger partial charge on any atom is -0.304 e. The van der Waals surface area contributed by atoms with Crippen molar-refractivity contribution in [2.75, 3.05) is 7.05 Å². The molecule has 2 aromatic rings. The van der Waals surface area contributed by atoms with E-state index < -0.39 is 0 Å². The summed E-state index contributed by atoms with van der Waals surface area (Å²) in [4.78, 5) is 14.7. The number of nitrogens with one attached hydrogen (secondary N) is 1. The minimum atomic E-state index is -0.290. The molecule has 5 heteroatoms. The highest BCUT2D eigenvalue weighted by Crippen LogP contribution is 2.41. The summed E-state index contributed by atoms with van der Waals surface area (Å²) in [7, 11) is 1.68. The Balaban J connectivity index is 1.93. The van der Waals surface area contributed by atoms with Gasteiger partial charge in [0.15, 0.2) is 0 Å². The van der Waals surface area contributed by atoms with Gasteiger partial charge in [0.25, 0.3) is 0 Å². The SMILES string of the molecule is CN1C(=N)C[C@](C)(c2cc(-c3cccc(Cl)c3)cs2)CC1=O. The summed E-state index contributed by atoms with van der Waals surface area (Å²) >= 11 is 7.71. The number of carbonyl (C=O) groups excluding carboxylic acids is 1. The van der Waals surface area contributed by atoms with E-state index in [2.05, 4.69) is 18.4 Å². The van der Waals surface area contributed by atoms with Crippen LogP contribution >= 0.6 is 22.9 Å². The van der Waals surface area contributed by atoms with Crippen molar-refractivity contribution in [1.82, 2.24) is 4.90 Å². The predicted molar refractivity (Wildman–Crippen MR) is 91.8 cm³/mol. The van der Waals surface area contributed by atoms with Gasteiger partial charge in [0.1, 0.15) is 5.84 Å². The average Bonchev–Trinajstić information content (AvgIpc) is 2.95. The molecular formula is C17H17ClN2OS. The molecule has 1 saturated heterocycles. The van der Waals surface area contributed by atoms with Crippen molar-refractivity contribution in [3.63, 3.8) is 0 Å². The van der Waals surface area contributed by atoms with Crippen LogP contribution in [0, 0.1) is 5.41 Å². The molecule has 1 aromatic heterocycles. The van der Waals surface area contributed by atoms with E-state index >= 15 is 0 Å². The number of carbonyl (C=O) groups is 1. The third-order valence-electron chi connectivity index (χ3n) is 4.23. The smallest absolute Gasteiger partial charge is 0.228 e. The number of rotatable bonds is 2. The molecule has 0 spiro atoms. The first kappa shape index (κ1) is 15.3. The molecule has 1 atom stereocenters. The maximum Gasteiger partial charge on any atom is 0.228 e. The second-order valence-electron chi connectivity index (χ2n) is 6.02. The van der Waals surface area contributed by atoms with Crippen LogP contribution in [0.1, 0.15) is 24.6 Å².